The lowest BCUT2D eigenvalue weighted by atomic mass is 9.89. The molecule has 2 nitrogen and oxygen atoms in total. The molecule has 0 spiro atoms. The summed E-state index contributed by atoms with van der Waals surface area (Å²) in [6, 6.07) is 10.3. The second kappa shape index (κ2) is 6.72. The fourth-order valence-corrected chi connectivity index (χ4v) is 1.60. The number of rotatable bonds is 5. The zero-order chi connectivity index (χ0) is 13.6. The third kappa shape index (κ3) is 5.48. The average molecular weight is 247 g/mol. The average Bonchev–Trinajstić information content (AvgIpc) is 2.28. The molecule has 0 aliphatic rings. The highest BCUT2D eigenvalue weighted by Crippen LogP contribution is 2.18. The van der Waals surface area contributed by atoms with Crippen molar-refractivity contribution in [3.63, 3.8) is 0 Å². The first kappa shape index (κ1) is 14.9. The lowest BCUT2D eigenvalue weighted by Gasteiger charge is -2.26. The molecule has 0 radical (unpaired) electrons. The van der Waals surface area contributed by atoms with Crippen LogP contribution in [0.15, 0.2) is 35.9 Å². The Kier molecular flexibility index (Phi) is 5.57. The first-order chi connectivity index (χ1) is 8.39. The summed E-state index contributed by atoms with van der Waals surface area (Å²) in [5, 5.41) is 13.2. The van der Waals surface area contributed by atoms with E-state index in [2.05, 4.69) is 30.4 Å². The second-order valence-electron chi connectivity index (χ2n) is 5.91. The van der Waals surface area contributed by atoms with Gasteiger partial charge in [-0.15, -0.1) is 0 Å². The van der Waals surface area contributed by atoms with Crippen molar-refractivity contribution in [1.82, 2.24) is 5.32 Å². The molecule has 0 aliphatic carbocycles. The number of aliphatic hydroxyl groups is 1. The molecule has 0 aliphatic heterocycles. The van der Waals surface area contributed by atoms with Crippen LogP contribution < -0.4 is 5.32 Å². The Hall–Kier alpha value is -1.12. The maximum absolute atomic E-state index is 9.91. The number of aliphatic hydroxyl groups excluding tert-OH is 1. The molecule has 2 N–H and O–H groups in total. The Labute approximate surface area is 111 Å². The van der Waals surface area contributed by atoms with Crippen LogP contribution in [0.25, 0.3) is 6.08 Å². The largest absolute Gasteiger partial charge is 0.391 e. The van der Waals surface area contributed by atoms with Crippen molar-refractivity contribution in [2.75, 3.05) is 13.1 Å². The molecule has 100 valence electrons. The fraction of sp³-hybridized carbons (Fsp3) is 0.500. The summed E-state index contributed by atoms with van der Waals surface area (Å²) in [5.41, 5.74) is 2.42. The van der Waals surface area contributed by atoms with Crippen LogP contribution in [0.1, 0.15) is 33.3 Å². The summed E-state index contributed by atoms with van der Waals surface area (Å²) >= 11 is 0. The third-order valence-electron chi connectivity index (χ3n) is 2.95. The van der Waals surface area contributed by atoms with Crippen molar-refractivity contribution < 1.29 is 5.11 Å². The van der Waals surface area contributed by atoms with E-state index in [1.807, 2.05) is 39.0 Å². The van der Waals surface area contributed by atoms with E-state index in [-0.39, 0.29) is 11.5 Å². The Balaban J connectivity index is 2.38. The quantitative estimate of drug-likeness (QED) is 0.838. The first-order valence-corrected chi connectivity index (χ1v) is 6.50. The van der Waals surface area contributed by atoms with E-state index in [9.17, 15) is 5.11 Å². The SMILES string of the molecule is C/C(=C/c1ccccc1)CNCC(O)C(C)(C)C. The number of benzene rings is 1. The first-order valence-electron chi connectivity index (χ1n) is 6.50. The van der Waals surface area contributed by atoms with Gasteiger partial charge in [-0.1, -0.05) is 62.8 Å². The molecule has 1 aromatic carbocycles. The molecule has 1 atom stereocenters. The summed E-state index contributed by atoms with van der Waals surface area (Å²) in [5.74, 6) is 0. The highest BCUT2D eigenvalue weighted by atomic mass is 16.3. The van der Waals surface area contributed by atoms with Gasteiger partial charge in [0.05, 0.1) is 6.10 Å². The standard InChI is InChI=1S/C16H25NO/c1-13(10-14-8-6-5-7-9-14)11-17-12-15(18)16(2,3)4/h5-10,15,17-18H,11-12H2,1-4H3/b13-10-. The Morgan fingerprint density at radius 1 is 1.28 bits per heavy atom. The van der Waals surface area contributed by atoms with Gasteiger partial charge >= 0.3 is 0 Å². The van der Waals surface area contributed by atoms with Crippen molar-refractivity contribution in [2.24, 2.45) is 5.41 Å². The predicted octanol–water partition coefficient (Wildman–Crippen LogP) is 3.09. The van der Waals surface area contributed by atoms with Crippen LogP contribution in [0.5, 0.6) is 0 Å². The van der Waals surface area contributed by atoms with Crippen molar-refractivity contribution in [2.45, 2.75) is 33.8 Å². The minimum Gasteiger partial charge on any atom is -0.391 e. The summed E-state index contributed by atoms with van der Waals surface area (Å²) in [7, 11) is 0. The summed E-state index contributed by atoms with van der Waals surface area (Å²) in [6.45, 7) is 9.68. The van der Waals surface area contributed by atoms with E-state index < -0.39 is 0 Å². The monoisotopic (exact) mass is 247 g/mol. The van der Waals surface area contributed by atoms with Gasteiger partial charge in [0.1, 0.15) is 0 Å². The summed E-state index contributed by atoms with van der Waals surface area (Å²) in [6.07, 6.45) is 1.85. The topological polar surface area (TPSA) is 32.3 Å². The van der Waals surface area contributed by atoms with Gasteiger partial charge in [0.2, 0.25) is 0 Å². The van der Waals surface area contributed by atoms with Gasteiger partial charge in [-0.3, -0.25) is 0 Å². The summed E-state index contributed by atoms with van der Waals surface area (Å²) < 4.78 is 0. The van der Waals surface area contributed by atoms with Gasteiger partial charge in [-0.25, -0.2) is 0 Å². The van der Waals surface area contributed by atoms with Gasteiger partial charge in [-0.2, -0.15) is 0 Å². The van der Waals surface area contributed by atoms with E-state index in [4.69, 9.17) is 0 Å². The molecule has 0 fully saturated rings. The van der Waals surface area contributed by atoms with E-state index in [1.165, 1.54) is 11.1 Å². The van der Waals surface area contributed by atoms with Crippen LogP contribution in [0.2, 0.25) is 0 Å². The smallest absolute Gasteiger partial charge is 0.0712 e. The fourth-order valence-electron chi connectivity index (χ4n) is 1.60. The van der Waals surface area contributed by atoms with Crippen LogP contribution in [0.4, 0.5) is 0 Å². The maximum Gasteiger partial charge on any atom is 0.0712 e. The van der Waals surface area contributed by atoms with Crippen LogP contribution in [0.3, 0.4) is 0 Å². The molecule has 0 saturated heterocycles. The molecular weight excluding hydrogens is 222 g/mol. The van der Waals surface area contributed by atoms with Crippen LogP contribution in [0, 0.1) is 5.41 Å². The highest BCUT2D eigenvalue weighted by molar-refractivity contribution is 5.52. The minimum atomic E-state index is -0.318. The van der Waals surface area contributed by atoms with Crippen molar-refractivity contribution >= 4 is 6.08 Å². The van der Waals surface area contributed by atoms with E-state index in [0.29, 0.717) is 6.54 Å². The van der Waals surface area contributed by atoms with Crippen molar-refractivity contribution in [3.8, 4) is 0 Å². The second-order valence-corrected chi connectivity index (χ2v) is 5.91. The Morgan fingerprint density at radius 2 is 1.89 bits per heavy atom. The van der Waals surface area contributed by atoms with Crippen LogP contribution in [-0.2, 0) is 0 Å². The third-order valence-corrected chi connectivity index (χ3v) is 2.95. The predicted molar refractivity (Wildman–Crippen MR) is 78.4 cm³/mol. The molecule has 1 rings (SSSR count). The van der Waals surface area contributed by atoms with Crippen LogP contribution >= 0.6 is 0 Å². The highest BCUT2D eigenvalue weighted by Gasteiger charge is 2.21. The van der Waals surface area contributed by atoms with Gasteiger partial charge < -0.3 is 10.4 Å². The Morgan fingerprint density at radius 3 is 2.44 bits per heavy atom. The minimum absolute atomic E-state index is 0.0654. The van der Waals surface area contributed by atoms with Gasteiger partial charge in [-0.05, 0) is 17.9 Å². The number of hydrogen-bond acceptors (Lipinski definition) is 2. The van der Waals surface area contributed by atoms with E-state index in [0.717, 1.165) is 6.54 Å². The molecule has 0 amide bonds. The maximum atomic E-state index is 9.91. The molecule has 0 aromatic heterocycles. The molecule has 1 aromatic rings. The number of nitrogens with one attached hydrogen (secondary N) is 1. The summed E-state index contributed by atoms with van der Waals surface area (Å²) in [4.78, 5) is 0. The Bertz CT molecular complexity index is 376. The number of hydrogen-bond donors (Lipinski definition) is 2. The zero-order valence-corrected chi connectivity index (χ0v) is 11.9. The van der Waals surface area contributed by atoms with Crippen molar-refractivity contribution in [3.05, 3.63) is 41.5 Å². The molecule has 18 heavy (non-hydrogen) atoms. The van der Waals surface area contributed by atoms with Crippen LogP contribution in [-0.4, -0.2) is 24.3 Å². The molecule has 0 saturated carbocycles. The zero-order valence-electron chi connectivity index (χ0n) is 11.9. The molecule has 1 unspecified atom stereocenters. The molecule has 2 heteroatoms. The van der Waals surface area contributed by atoms with Crippen molar-refractivity contribution in [1.29, 1.82) is 0 Å². The molecule has 0 bridgehead atoms. The van der Waals surface area contributed by atoms with Gasteiger partial charge in [0, 0.05) is 13.1 Å². The normalized spacial score (nSPS) is 14.6. The lowest BCUT2D eigenvalue weighted by molar-refractivity contribution is 0.0638. The lowest BCUT2D eigenvalue weighted by Crippen LogP contribution is -2.37. The molecular formula is C16H25NO. The van der Waals surface area contributed by atoms with E-state index >= 15 is 0 Å². The van der Waals surface area contributed by atoms with E-state index in [1.54, 1.807) is 0 Å². The van der Waals surface area contributed by atoms with Gasteiger partial charge in [0.15, 0.2) is 0 Å². The molecule has 0 heterocycles. The van der Waals surface area contributed by atoms with Gasteiger partial charge in [0.25, 0.3) is 0 Å².